The van der Waals surface area contributed by atoms with E-state index in [4.69, 9.17) is 5.84 Å². The van der Waals surface area contributed by atoms with Gasteiger partial charge in [0.05, 0.1) is 5.56 Å². The highest BCUT2D eigenvalue weighted by molar-refractivity contribution is 5.33. The molecular formula is C13H18F4N2. The Morgan fingerprint density at radius 1 is 1.21 bits per heavy atom. The minimum Gasteiger partial charge on any atom is -0.271 e. The third-order valence-corrected chi connectivity index (χ3v) is 3.35. The highest BCUT2D eigenvalue weighted by Gasteiger charge is 2.36. The van der Waals surface area contributed by atoms with Gasteiger partial charge in [0.1, 0.15) is 5.82 Å². The Hall–Kier alpha value is -1.14. The maximum atomic E-state index is 13.3. The first-order valence-electron chi connectivity index (χ1n) is 6.17. The normalized spacial score (nSPS) is 13.9. The van der Waals surface area contributed by atoms with Gasteiger partial charge in [-0.2, -0.15) is 13.2 Å². The van der Waals surface area contributed by atoms with Crippen molar-refractivity contribution in [1.29, 1.82) is 0 Å². The molecule has 3 N–H and O–H groups in total. The lowest BCUT2D eigenvalue weighted by molar-refractivity contribution is -0.138. The van der Waals surface area contributed by atoms with Gasteiger partial charge in [-0.3, -0.25) is 11.3 Å². The molecule has 6 heteroatoms. The first-order valence-corrected chi connectivity index (χ1v) is 6.17. The Balaban J connectivity index is 3.32. The Kier molecular flexibility index (Phi) is 5.31. The fraction of sp³-hybridized carbons (Fsp3) is 0.538. The summed E-state index contributed by atoms with van der Waals surface area (Å²) in [5, 5.41) is 0. The Bertz CT molecular complexity index is 414. The number of alkyl halides is 3. The second-order valence-electron chi connectivity index (χ2n) is 4.45. The van der Waals surface area contributed by atoms with E-state index in [0.29, 0.717) is 12.8 Å². The number of rotatable bonds is 5. The van der Waals surface area contributed by atoms with Crippen molar-refractivity contribution in [2.75, 3.05) is 0 Å². The van der Waals surface area contributed by atoms with Crippen LogP contribution in [0.15, 0.2) is 18.2 Å². The van der Waals surface area contributed by atoms with Gasteiger partial charge in [0.25, 0.3) is 0 Å². The standard InChI is InChI=1S/C13H18F4N2/c1-3-8(4-2)12(19-18)10-7-9(14)5-6-11(10)13(15,16)17/h5-8,12,19H,3-4,18H2,1-2H3. The van der Waals surface area contributed by atoms with Crippen LogP contribution in [0.1, 0.15) is 43.9 Å². The third-order valence-electron chi connectivity index (χ3n) is 3.35. The van der Waals surface area contributed by atoms with Crippen LogP contribution in [0.4, 0.5) is 17.6 Å². The number of hydrogen-bond donors (Lipinski definition) is 2. The Labute approximate surface area is 110 Å². The molecule has 0 fully saturated rings. The predicted octanol–water partition coefficient (Wildman–Crippen LogP) is 3.79. The monoisotopic (exact) mass is 278 g/mol. The molecule has 1 unspecified atom stereocenters. The van der Waals surface area contributed by atoms with Gasteiger partial charge >= 0.3 is 6.18 Å². The zero-order valence-electron chi connectivity index (χ0n) is 10.9. The van der Waals surface area contributed by atoms with E-state index in [-0.39, 0.29) is 11.5 Å². The summed E-state index contributed by atoms with van der Waals surface area (Å²) >= 11 is 0. The van der Waals surface area contributed by atoms with Gasteiger partial charge in [-0.05, 0) is 29.7 Å². The molecule has 0 aliphatic heterocycles. The van der Waals surface area contributed by atoms with E-state index in [1.54, 1.807) is 0 Å². The van der Waals surface area contributed by atoms with Crippen LogP contribution in [0.5, 0.6) is 0 Å². The van der Waals surface area contributed by atoms with E-state index < -0.39 is 23.6 Å². The Morgan fingerprint density at radius 3 is 2.21 bits per heavy atom. The molecule has 0 aliphatic carbocycles. The van der Waals surface area contributed by atoms with E-state index in [1.165, 1.54) is 0 Å². The Morgan fingerprint density at radius 2 is 1.79 bits per heavy atom. The number of hydrogen-bond acceptors (Lipinski definition) is 2. The number of hydrazine groups is 1. The predicted molar refractivity (Wildman–Crippen MR) is 65.5 cm³/mol. The fourth-order valence-corrected chi connectivity index (χ4v) is 2.29. The van der Waals surface area contributed by atoms with Crippen LogP contribution in [-0.2, 0) is 6.18 Å². The molecule has 0 spiro atoms. The molecule has 2 nitrogen and oxygen atoms in total. The average molecular weight is 278 g/mol. The molecule has 0 aliphatic rings. The summed E-state index contributed by atoms with van der Waals surface area (Å²) in [6, 6.07) is 1.76. The molecule has 1 atom stereocenters. The van der Waals surface area contributed by atoms with Gasteiger partial charge in [-0.15, -0.1) is 0 Å². The summed E-state index contributed by atoms with van der Waals surface area (Å²) in [5.41, 5.74) is 1.41. The molecule has 1 rings (SSSR count). The lowest BCUT2D eigenvalue weighted by Crippen LogP contribution is -2.34. The summed E-state index contributed by atoms with van der Waals surface area (Å²) in [5.74, 6) is 4.59. The minimum atomic E-state index is -4.52. The maximum absolute atomic E-state index is 13.3. The van der Waals surface area contributed by atoms with Crippen molar-refractivity contribution in [3.05, 3.63) is 35.1 Å². The molecule has 0 saturated heterocycles. The zero-order chi connectivity index (χ0) is 14.6. The largest absolute Gasteiger partial charge is 0.416 e. The molecule has 0 radical (unpaired) electrons. The second-order valence-corrected chi connectivity index (χ2v) is 4.45. The highest BCUT2D eigenvalue weighted by Crippen LogP contribution is 2.38. The van der Waals surface area contributed by atoms with Gasteiger partial charge in [0.2, 0.25) is 0 Å². The molecule has 108 valence electrons. The van der Waals surface area contributed by atoms with Crippen molar-refractivity contribution < 1.29 is 17.6 Å². The first kappa shape index (κ1) is 15.9. The van der Waals surface area contributed by atoms with Crippen LogP contribution in [0, 0.1) is 11.7 Å². The van der Waals surface area contributed by atoms with Crippen LogP contribution in [-0.4, -0.2) is 0 Å². The average Bonchev–Trinajstić information content (AvgIpc) is 2.34. The molecule has 19 heavy (non-hydrogen) atoms. The topological polar surface area (TPSA) is 38.0 Å². The summed E-state index contributed by atoms with van der Waals surface area (Å²) in [7, 11) is 0. The van der Waals surface area contributed by atoms with Crippen molar-refractivity contribution in [1.82, 2.24) is 5.43 Å². The summed E-state index contributed by atoms with van der Waals surface area (Å²) < 4.78 is 52.1. The van der Waals surface area contributed by atoms with Crippen molar-refractivity contribution >= 4 is 0 Å². The third kappa shape index (κ3) is 3.67. The van der Waals surface area contributed by atoms with Crippen LogP contribution in [0.25, 0.3) is 0 Å². The van der Waals surface area contributed by atoms with Crippen molar-refractivity contribution in [2.24, 2.45) is 11.8 Å². The molecule has 0 bridgehead atoms. The zero-order valence-corrected chi connectivity index (χ0v) is 10.9. The minimum absolute atomic E-state index is 0.0899. The number of nitrogens with one attached hydrogen (secondary N) is 1. The van der Waals surface area contributed by atoms with E-state index in [1.807, 2.05) is 13.8 Å². The SMILES string of the molecule is CCC(CC)C(NN)c1cc(F)ccc1C(F)(F)F. The van der Waals surface area contributed by atoms with Gasteiger partial charge in [-0.1, -0.05) is 26.7 Å². The van der Waals surface area contributed by atoms with Crippen molar-refractivity contribution in [3.8, 4) is 0 Å². The molecule has 0 amide bonds. The van der Waals surface area contributed by atoms with E-state index in [2.05, 4.69) is 5.43 Å². The van der Waals surface area contributed by atoms with E-state index >= 15 is 0 Å². The summed E-state index contributed by atoms with van der Waals surface area (Å²) in [4.78, 5) is 0. The number of nitrogens with two attached hydrogens (primary N) is 1. The molecule has 1 aromatic carbocycles. The molecular weight excluding hydrogens is 260 g/mol. The van der Waals surface area contributed by atoms with Crippen LogP contribution in [0.3, 0.4) is 0 Å². The summed E-state index contributed by atoms with van der Waals surface area (Å²) in [6.45, 7) is 3.73. The first-order chi connectivity index (χ1) is 8.85. The van der Waals surface area contributed by atoms with Gasteiger partial charge < -0.3 is 0 Å². The number of benzene rings is 1. The second kappa shape index (κ2) is 6.34. The summed E-state index contributed by atoms with van der Waals surface area (Å²) in [6.07, 6.45) is -3.22. The van der Waals surface area contributed by atoms with Crippen LogP contribution in [0.2, 0.25) is 0 Å². The molecule has 0 aromatic heterocycles. The fourth-order valence-electron chi connectivity index (χ4n) is 2.29. The maximum Gasteiger partial charge on any atom is 0.416 e. The number of halogens is 4. The molecule has 1 aromatic rings. The molecule has 0 heterocycles. The smallest absolute Gasteiger partial charge is 0.271 e. The lowest BCUT2D eigenvalue weighted by Gasteiger charge is -2.27. The van der Waals surface area contributed by atoms with Gasteiger partial charge in [-0.25, -0.2) is 4.39 Å². The van der Waals surface area contributed by atoms with Gasteiger partial charge in [0, 0.05) is 6.04 Å². The lowest BCUT2D eigenvalue weighted by atomic mass is 9.86. The quantitative estimate of drug-likeness (QED) is 0.488. The van der Waals surface area contributed by atoms with Crippen LogP contribution < -0.4 is 11.3 Å². The van der Waals surface area contributed by atoms with Crippen LogP contribution >= 0.6 is 0 Å². The van der Waals surface area contributed by atoms with Crippen molar-refractivity contribution in [2.45, 2.75) is 38.9 Å². The van der Waals surface area contributed by atoms with Gasteiger partial charge in [0.15, 0.2) is 0 Å². The molecule has 0 saturated carbocycles. The van der Waals surface area contributed by atoms with E-state index in [0.717, 1.165) is 18.2 Å². The highest BCUT2D eigenvalue weighted by atomic mass is 19.4. The van der Waals surface area contributed by atoms with Crippen molar-refractivity contribution in [3.63, 3.8) is 0 Å². The van der Waals surface area contributed by atoms with E-state index in [9.17, 15) is 17.6 Å².